The summed E-state index contributed by atoms with van der Waals surface area (Å²) in [6, 6.07) is 4.86. The van der Waals surface area contributed by atoms with Crippen LogP contribution in [0, 0.1) is 5.41 Å². The largest absolute Gasteiger partial charge is 0.481 e. The summed E-state index contributed by atoms with van der Waals surface area (Å²) in [5.74, 6) is -1.22. The standard InChI is InChI=1S/C14H17BrClNO3/c1-3-14(4-2,13(19)20)8-17-12(18)9-5-6-10(15)11(16)7-9/h5-7H,3-4,8H2,1-2H3,(H,17,18)(H,19,20). The van der Waals surface area contributed by atoms with Crippen molar-refractivity contribution >= 4 is 39.4 Å². The fourth-order valence-corrected chi connectivity index (χ4v) is 2.29. The number of carboxylic acids is 1. The third-order valence-corrected chi connectivity index (χ3v) is 4.81. The smallest absolute Gasteiger partial charge is 0.311 e. The van der Waals surface area contributed by atoms with E-state index in [1.807, 2.05) is 0 Å². The molecule has 0 aliphatic carbocycles. The van der Waals surface area contributed by atoms with Crippen LogP contribution in [-0.4, -0.2) is 23.5 Å². The van der Waals surface area contributed by atoms with Gasteiger partial charge in [0.1, 0.15) is 0 Å². The second-order valence-electron chi connectivity index (χ2n) is 4.60. The summed E-state index contributed by atoms with van der Waals surface area (Å²) < 4.78 is 0.706. The van der Waals surface area contributed by atoms with Crippen molar-refractivity contribution in [3.63, 3.8) is 0 Å². The number of amides is 1. The number of hydrogen-bond donors (Lipinski definition) is 2. The van der Waals surface area contributed by atoms with E-state index in [1.165, 1.54) is 0 Å². The summed E-state index contributed by atoms with van der Waals surface area (Å²) in [4.78, 5) is 23.4. The second kappa shape index (κ2) is 7.09. The van der Waals surface area contributed by atoms with Gasteiger partial charge >= 0.3 is 5.97 Å². The van der Waals surface area contributed by atoms with Crippen LogP contribution in [0.3, 0.4) is 0 Å². The number of halogens is 2. The highest BCUT2D eigenvalue weighted by Crippen LogP contribution is 2.26. The molecule has 0 aromatic heterocycles. The third-order valence-electron chi connectivity index (χ3n) is 3.58. The highest BCUT2D eigenvalue weighted by molar-refractivity contribution is 9.10. The van der Waals surface area contributed by atoms with Gasteiger partial charge < -0.3 is 10.4 Å². The van der Waals surface area contributed by atoms with Crippen LogP contribution < -0.4 is 5.32 Å². The van der Waals surface area contributed by atoms with Crippen molar-refractivity contribution in [2.75, 3.05) is 6.54 Å². The van der Waals surface area contributed by atoms with Gasteiger partial charge in [-0.25, -0.2) is 0 Å². The molecule has 1 aromatic carbocycles. The maximum absolute atomic E-state index is 12.0. The molecule has 6 heteroatoms. The number of nitrogens with one attached hydrogen (secondary N) is 1. The molecule has 0 spiro atoms. The Morgan fingerprint density at radius 2 is 1.95 bits per heavy atom. The molecule has 0 atom stereocenters. The summed E-state index contributed by atoms with van der Waals surface area (Å²) in [7, 11) is 0. The highest BCUT2D eigenvalue weighted by atomic mass is 79.9. The second-order valence-corrected chi connectivity index (χ2v) is 5.87. The maximum Gasteiger partial charge on any atom is 0.311 e. The minimum atomic E-state index is -0.922. The predicted molar refractivity (Wildman–Crippen MR) is 82.1 cm³/mol. The molecule has 0 aliphatic heterocycles. The van der Waals surface area contributed by atoms with Crippen molar-refractivity contribution in [1.82, 2.24) is 5.32 Å². The van der Waals surface area contributed by atoms with Gasteiger partial charge in [-0.15, -0.1) is 0 Å². The van der Waals surface area contributed by atoms with Gasteiger partial charge in [0.2, 0.25) is 0 Å². The van der Waals surface area contributed by atoms with Gasteiger partial charge in [0, 0.05) is 16.6 Å². The molecule has 0 aliphatic rings. The first-order valence-electron chi connectivity index (χ1n) is 6.33. The number of carboxylic acid groups (broad SMARTS) is 1. The van der Waals surface area contributed by atoms with E-state index >= 15 is 0 Å². The van der Waals surface area contributed by atoms with E-state index in [9.17, 15) is 14.7 Å². The van der Waals surface area contributed by atoms with E-state index < -0.39 is 11.4 Å². The minimum absolute atomic E-state index is 0.0991. The van der Waals surface area contributed by atoms with Crippen LogP contribution >= 0.6 is 27.5 Å². The van der Waals surface area contributed by atoms with Crippen LogP contribution in [0.4, 0.5) is 0 Å². The number of carbonyl (C=O) groups is 2. The lowest BCUT2D eigenvalue weighted by molar-refractivity contribution is -0.149. The number of rotatable bonds is 6. The predicted octanol–water partition coefficient (Wildman–Crippen LogP) is 3.72. The average molecular weight is 363 g/mol. The molecule has 0 saturated carbocycles. The van der Waals surface area contributed by atoms with Gasteiger partial charge in [-0.2, -0.15) is 0 Å². The van der Waals surface area contributed by atoms with Crippen molar-refractivity contribution in [1.29, 1.82) is 0 Å². The Labute approximate surface area is 131 Å². The van der Waals surface area contributed by atoms with Crippen LogP contribution in [0.15, 0.2) is 22.7 Å². The summed E-state index contributed by atoms with van der Waals surface area (Å²) in [6.45, 7) is 3.71. The molecule has 0 fully saturated rings. The first kappa shape index (κ1) is 17.0. The molecule has 0 saturated heterocycles. The van der Waals surface area contributed by atoms with Crippen LogP contribution in [0.25, 0.3) is 0 Å². The van der Waals surface area contributed by atoms with Gasteiger partial charge in [0.05, 0.1) is 10.4 Å². The fourth-order valence-electron chi connectivity index (χ4n) is 1.87. The normalized spacial score (nSPS) is 11.2. The zero-order chi connectivity index (χ0) is 15.3. The summed E-state index contributed by atoms with van der Waals surface area (Å²) in [5.41, 5.74) is -0.515. The highest BCUT2D eigenvalue weighted by Gasteiger charge is 2.35. The zero-order valence-corrected chi connectivity index (χ0v) is 13.7. The molecular weight excluding hydrogens is 346 g/mol. The fraction of sp³-hybridized carbons (Fsp3) is 0.429. The van der Waals surface area contributed by atoms with E-state index in [4.69, 9.17) is 11.6 Å². The van der Waals surface area contributed by atoms with Gasteiger partial charge in [0.15, 0.2) is 0 Å². The van der Waals surface area contributed by atoms with Crippen molar-refractivity contribution < 1.29 is 14.7 Å². The molecule has 4 nitrogen and oxygen atoms in total. The van der Waals surface area contributed by atoms with Gasteiger partial charge in [0.25, 0.3) is 5.91 Å². The van der Waals surface area contributed by atoms with Gasteiger partial charge in [-0.3, -0.25) is 9.59 Å². The molecule has 1 amide bonds. The van der Waals surface area contributed by atoms with Gasteiger partial charge in [-0.05, 0) is 47.0 Å². The van der Waals surface area contributed by atoms with Crippen molar-refractivity contribution in [2.24, 2.45) is 5.41 Å². The average Bonchev–Trinajstić information content (AvgIpc) is 2.43. The van der Waals surface area contributed by atoms with E-state index in [1.54, 1.807) is 32.0 Å². The Morgan fingerprint density at radius 3 is 2.40 bits per heavy atom. The maximum atomic E-state index is 12.0. The first-order chi connectivity index (χ1) is 9.36. The Kier molecular flexibility index (Phi) is 6.02. The Morgan fingerprint density at radius 1 is 1.35 bits per heavy atom. The molecule has 2 N–H and O–H groups in total. The van der Waals surface area contributed by atoms with E-state index in [-0.39, 0.29) is 12.5 Å². The number of aliphatic carboxylic acids is 1. The van der Waals surface area contributed by atoms with Crippen LogP contribution in [0.5, 0.6) is 0 Å². The number of benzene rings is 1. The van der Waals surface area contributed by atoms with Crippen molar-refractivity contribution in [3.8, 4) is 0 Å². The van der Waals surface area contributed by atoms with Crippen LogP contribution in [-0.2, 0) is 4.79 Å². The van der Waals surface area contributed by atoms with Crippen molar-refractivity contribution in [3.05, 3.63) is 33.3 Å². The summed E-state index contributed by atoms with van der Waals surface area (Å²) >= 11 is 9.18. The number of carbonyl (C=O) groups excluding carboxylic acids is 1. The molecule has 1 aromatic rings. The van der Waals surface area contributed by atoms with E-state index in [0.717, 1.165) is 0 Å². The lowest BCUT2D eigenvalue weighted by atomic mass is 9.82. The molecule has 0 heterocycles. The SMILES string of the molecule is CCC(CC)(CNC(=O)c1ccc(Br)c(Cl)c1)C(=O)O. The molecule has 1 rings (SSSR count). The molecule has 0 unspecified atom stereocenters. The topological polar surface area (TPSA) is 66.4 Å². The Bertz CT molecular complexity index is 515. The third kappa shape index (κ3) is 3.73. The Hall–Kier alpha value is -1.07. The minimum Gasteiger partial charge on any atom is -0.481 e. The lowest BCUT2D eigenvalue weighted by Crippen LogP contribution is -2.42. The van der Waals surface area contributed by atoms with E-state index in [0.29, 0.717) is 27.9 Å². The van der Waals surface area contributed by atoms with E-state index in [2.05, 4.69) is 21.2 Å². The molecule has 0 radical (unpaired) electrons. The van der Waals surface area contributed by atoms with Crippen molar-refractivity contribution in [2.45, 2.75) is 26.7 Å². The molecule has 110 valence electrons. The molecular formula is C14H17BrClNO3. The summed E-state index contributed by atoms with van der Waals surface area (Å²) in [5, 5.41) is 12.4. The van der Waals surface area contributed by atoms with Crippen LogP contribution in [0.1, 0.15) is 37.0 Å². The first-order valence-corrected chi connectivity index (χ1v) is 7.50. The monoisotopic (exact) mass is 361 g/mol. The summed E-state index contributed by atoms with van der Waals surface area (Å²) in [6.07, 6.45) is 0.917. The lowest BCUT2D eigenvalue weighted by Gasteiger charge is -2.26. The van der Waals surface area contributed by atoms with Gasteiger partial charge in [-0.1, -0.05) is 25.4 Å². The number of hydrogen-bond acceptors (Lipinski definition) is 2. The molecule has 20 heavy (non-hydrogen) atoms. The quantitative estimate of drug-likeness (QED) is 0.810. The zero-order valence-electron chi connectivity index (χ0n) is 11.4. The molecule has 0 bridgehead atoms. The Balaban J connectivity index is 2.80. The van der Waals surface area contributed by atoms with Crippen LogP contribution in [0.2, 0.25) is 5.02 Å².